The zero-order valence-corrected chi connectivity index (χ0v) is 15.4. The van der Waals surface area contributed by atoms with Crippen molar-refractivity contribution in [3.05, 3.63) is 67.6 Å². The number of aryl methyl sites for hydroxylation is 2. The van der Waals surface area contributed by atoms with Crippen molar-refractivity contribution < 1.29 is 9.53 Å². The summed E-state index contributed by atoms with van der Waals surface area (Å²) in [6.45, 7) is -0.135. The molecule has 7 nitrogen and oxygen atoms in total. The molecule has 1 N–H and O–H groups in total. The van der Waals surface area contributed by atoms with Crippen LogP contribution in [-0.4, -0.2) is 20.1 Å². The van der Waals surface area contributed by atoms with Crippen LogP contribution >= 0.6 is 0 Å². The minimum atomic E-state index is -0.476. The van der Waals surface area contributed by atoms with Crippen LogP contribution in [0.4, 0.5) is 0 Å². The first-order valence-electron chi connectivity index (χ1n) is 9.02. The molecule has 1 aliphatic carbocycles. The number of rotatable bonds is 3. The molecule has 3 aromatic rings. The third-order valence-electron chi connectivity index (χ3n) is 5.31. The number of aromatic amines is 1. The molecule has 2 aromatic heterocycles. The fourth-order valence-corrected chi connectivity index (χ4v) is 3.67. The van der Waals surface area contributed by atoms with Crippen LogP contribution in [0.2, 0.25) is 0 Å². The van der Waals surface area contributed by atoms with Crippen LogP contribution in [0.3, 0.4) is 0 Å². The van der Waals surface area contributed by atoms with E-state index in [9.17, 15) is 14.4 Å². The summed E-state index contributed by atoms with van der Waals surface area (Å²) in [5, 5.41) is 1.07. The maximum absolute atomic E-state index is 12.5. The van der Waals surface area contributed by atoms with E-state index < -0.39 is 17.2 Å². The Morgan fingerprint density at radius 2 is 1.89 bits per heavy atom. The van der Waals surface area contributed by atoms with Crippen molar-refractivity contribution in [2.45, 2.75) is 32.3 Å². The molecule has 0 fully saturated rings. The van der Waals surface area contributed by atoms with Crippen molar-refractivity contribution in [3.8, 4) is 0 Å². The summed E-state index contributed by atoms with van der Waals surface area (Å²) in [6.07, 6.45) is 4.40. The molecule has 0 saturated heterocycles. The summed E-state index contributed by atoms with van der Waals surface area (Å²) in [6, 6.07) is 6.80. The van der Waals surface area contributed by atoms with Gasteiger partial charge in [-0.2, -0.15) is 0 Å². The third-order valence-corrected chi connectivity index (χ3v) is 5.31. The van der Waals surface area contributed by atoms with Gasteiger partial charge in [-0.05, 0) is 49.4 Å². The lowest BCUT2D eigenvalue weighted by Gasteiger charge is -2.11. The monoisotopic (exact) mass is 367 g/mol. The summed E-state index contributed by atoms with van der Waals surface area (Å²) in [4.78, 5) is 39.7. The zero-order chi connectivity index (χ0) is 19.1. The molecule has 27 heavy (non-hydrogen) atoms. The molecule has 0 radical (unpaired) electrons. The first kappa shape index (κ1) is 17.3. The Bertz CT molecular complexity index is 1170. The van der Waals surface area contributed by atoms with Gasteiger partial charge in [0.05, 0.1) is 11.3 Å². The summed E-state index contributed by atoms with van der Waals surface area (Å²) in [5.41, 5.74) is 3.53. The zero-order valence-electron chi connectivity index (χ0n) is 15.4. The smallest absolute Gasteiger partial charge is 0.338 e. The molecule has 140 valence electrons. The number of benzene rings is 1. The second-order valence-corrected chi connectivity index (χ2v) is 7.00. The molecular weight excluding hydrogens is 346 g/mol. The molecule has 0 atom stereocenters. The van der Waals surface area contributed by atoms with Crippen molar-refractivity contribution in [1.29, 1.82) is 0 Å². The molecule has 1 aliphatic rings. The van der Waals surface area contributed by atoms with E-state index in [1.165, 1.54) is 35.4 Å². The topological polar surface area (TPSA) is 86.1 Å². The number of carbonyl (C=O) groups is 1. The van der Waals surface area contributed by atoms with Gasteiger partial charge in [0.15, 0.2) is 0 Å². The van der Waals surface area contributed by atoms with Crippen LogP contribution in [0.5, 0.6) is 0 Å². The number of H-pyrrole nitrogens is 1. The summed E-state index contributed by atoms with van der Waals surface area (Å²) < 4.78 is 7.67. The normalized spacial score (nSPS) is 13.6. The van der Waals surface area contributed by atoms with Crippen molar-refractivity contribution in [1.82, 2.24) is 14.1 Å². The fraction of sp³-hybridized carbons (Fsp3) is 0.350. The van der Waals surface area contributed by atoms with Crippen LogP contribution < -0.4 is 11.2 Å². The second kappa shape index (κ2) is 6.57. The van der Waals surface area contributed by atoms with Crippen LogP contribution in [0, 0.1) is 0 Å². The number of nitrogens with zero attached hydrogens (tertiary/aromatic N) is 2. The van der Waals surface area contributed by atoms with Gasteiger partial charge >= 0.3 is 11.7 Å². The maximum Gasteiger partial charge on any atom is 0.338 e. The van der Waals surface area contributed by atoms with Gasteiger partial charge in [0.25, 0.3) is 5.56 Å². The quantitative estimate of drug-likeness (QED) is 0.715. The van der Waals surface area contributed by atoms with E-state index >= 15 is 0 Å². The van der Waals surface area contributed by atoms with E-state index in [1.54, 1.807) is 13.1 Å². The lowest BCUT2D eigenvalue weighted by molar-refractivity contribution is 0.0463. The summed E-state index contributed by atoms with van der Waals surface area (Å²) >= 11 is 0. The Kier molecular flexibility index (Phi) is 4.22. The minimum absolute atomic E-state index is 0.135. The second-order valence-electron chi connectivity index (χ2n) is 7.00. The Morgan fingerprint density at radius 3 is 2.70 bits per heavy atom. The molecule has 0 amide bonds. The molecule has 2 heterocycles. The van der Waals surface area contributed by atoms with E-state index in [-0.39, 0.29) is 6.61 Å². The van der Waals surface area contributed by atoms with Crippen LogP contribution in [-0.2, 0) is 38.3 Å². The highest BCUT2D eigenvalue weighted by atomic mass is 16.5. The Hall–Kier alpha value is -3.09. The highest BCUT2D eigenvalue weighted by molar-refractivity contribution is 5.96. The fourth-order valence-electron chi connectivity index (χ4n) is 3.67. The average molecular weight is 367 g/mol. The molecule has 0 bridgehead atoms. The number of nitrogens with one attached hydrogen (secondary N) is 1. The van der Waals surface area contributed by atoms with Crippen LogP contribution in [0.15, 0.2) is 33.9 Å². The Balaban J connectivity index is 1.59. The molecule has 0 unspecified atom stereocenters. The van der Waals surface area contributed by atoms with Gasteiger partial charge in [-0.1, -0.05) is 0 Å². The number of fused-ring (bicyclic) bond motifs is 3. The maximum atomic E-state index is 12.5. The first-order valence-corrected chi connectivity index (χ1v) is 9.02. The van der Waals surface area contributed by atoms with Gasteiger partial charge in [-0.25, -0.2) is 9.59 Å². The number of ether oxygens (including phenoxy) is 1. The van der Waals surface area contributed by atoms with E-state index in [0.717, 1.165) is 34.7 Å². The number of hydrogen-bond acceptors (Lipinski definition) is 4. The molecule has 0 aliphatic heterocycles. The number of esters is 1. The van der Waals surface area contributed by atoms with Gasteiger partial charge in [-0.15, -0.1) is 0 Å². The average Bonchev–Trinajstić information content (AvgIpc) is 3.05. The SMILES string of the molecule is Cn1c(COC(=O)c2ccc3[nH]c4c(c3c2)CCCC4)cc(=O)n(C)c1=O. The molecule has 4 rings (SSSR count). The van der Waals surface area contributed by atoms with E-state index in [1.807, 2.05) is 12.1 Å². The predicted molar refractivity (Wildman–Crippen MR) is 101 cm³/mol. The van der Waals surface area contributed by atoms with E-state index in [4.69, 9.17) is 4.74 Å². The van der Waals surface area contributed by atoms with Crippen LogP contribution in [0.25, 0.3) is 10.9 Å². The van der Waals surface area contributed by atoms with Crippen LogP contribution in [0.1, 0.15) is 40.2 Å². The minimum Gasteiger partial charge on any atom is -0.456 e. The first-order chi connectivity index (χ1) is 13.0. The molecule has 0 saturated carbocycles. The number of carbonyl (C=O) groups excluding carboxylic acids is 1. The number of hydrogen-bond donors (Lipinski definition) is 1. The van der Waals surface area contributed by atoms with Gasteiger partial charge in [0.1, 0.15) is 6.61 Å². The molecular formula is C20H21N3O4. The highest BCUT2D eigenvalue weighted by Crippen LogP contribution is 2.29. The van der Waals surface area contributed by atoms with Crippen molar-refractivity contribution in [2.75, 3.05) is 0 Å². The molecule has 1 aromatic carbocycles. The number of aromatic nitrogens is 3. The summed E-state index contributed by atoms with van der Waals surface area (Å²) in [5.74, 6) is -0.476. The molecule has 0 spiro atoms. The molecule has 7 heteroatoms. The van der Waals surface area contributed by atoms with Gasteiger partial charge in [0, 0.05) is 36.8 Å². The van der Waals surface area contributed by atoms with Gasteiger partial charge < -0.3 is 9.72 Å². The van der Waals surface area contributed by atoms with E-state index in [0.29, 0.717) is 11.3 Å². The van der Waals surface area contributed by atoms with E-state index in [2.05, 4.69) is 4.98 Å². The van der Waals surface area contributed by atoms with Crippen molar-refractivity contribution in [3.63, 3.8) is 0 Å². The summed E-state index contributed by atoms with van der Waals surface area (Å²) in [7, 11) is 2.95. The Labute approximate surface area is 155 Å². The lowest BCUT2D eigenvalue weighted by atomic mass is 9.95. The lowest BCUT2D eigenvalue weighted by Crippen LogP contribution is -2.38. The standard InChI is InChI=1S/C20H21N3O4/c1-22-13(10-18(24)23(2)20(22)26)11-27-19(25)12-7-8-17-15(9-12)14-5-3-4-6-16(14)21-17/h7-10,21H,3-6,11H2,1-2H3. The highest BCUT2D eigenvalue weighted by Gasteiger charge is 2.17. The van der Waals surface area contributed by atoms with Gasteiger partial charge in [-0.3, -0.25) is 13.9 Å². The van der Waals surface area contributed by atoms with Crippen molar-refractivity contribution >= 4 is 16.9 Å². The largest absolute Gasteiger partial charge is 0.456 e. The Morgan fingerprint density at radius 1 is 1.11 bits per heavy atom. The third kappa shape index (κ3) is 2.99. The predicted octanol–water partition coefficient (Wildman–Crippen LogP) is 1.80. The van der Waals surface area contributed by atoms with Gasteiger partial charge in [0.2, 0.25) is 0 Å². The van der Waals surface area contributed by atoms with Crippen molar-refractivity contribution in [2.24, 2.45) is 14.1 Å².